The number of para-hydroxylation sites is 1. The fourth-order valence-electron chi connectivity index (χ4n) is 3.51. The Kier molecular flexibility index (Phi) is 5.71. The molecule has 0 bridgehead atoms. The lowest BCUT2D eigenvalue weighted by Crippen LogP contribution is -2.29. The number of thioether (sulfide) groups is 1. The van der Waals surface area contributed by atoms with E-state index in [0.717, 1.165) is 27.1 Å². The number of H-pyrrole nitrogens is 1. The van der Waals surface area contributed by atoms with E-state index in [-0.39, 0.29) is 12.5 Å². The van der Waals surface area contributed by atoms with Gasteiger partial charge in [0.1, 0.15) is 0 Å². The molecule has 1 aliphatic rings. The van der Waals surface area contributed by atoms with Crippen LogP contribution in [0.1, 0.15) is 18.2 Å². The van der Waals surface area contributed by atoms with Crippen molar-refractivity contribution in [3.05, 3.63) is 72.1 Å². The summed E-state index contributed by atoms with van der Waals surface area (Å²) in [5.41, 5.74) is 3.17. The highest BCUT2D eigenvalue weighted by Crippen LogP contribution is 2.31. The van der Waals surface area contributed by atoms with Gasteiger partial charge in [0, 0.05) is 28.5 Å². The highest BCUT2D eigenvalue weighted by molar-refractivity contribution is 8.00. The molecule has 5 nitrogen and oxygen atoms in total. The number of fused-ring (bicyclic) bond motifs is 3. The van der Waals surface area contributed by atoms with Crippen LogP contribution >= 0.6 is 11.8 Å². The third-order valence-corrected chi connectivity index (χ3v) is 5.89. The van der Waals surface area contributed by atoms with Gasteiger partial charge in [-0.3, -0.25) is 4.79 Å². The fourth-order valence-corrected chi connectivity index (χ4v) is 4.32. The number of aromatic nitrogens is 1. The number of carbonyl (C=O) groups is 2. The zero-order chi connectivity index (χ0) is 20.2. The Labute approximate surface area is 173 Å². The first-order valence-electron chi connectivity index (χ1n) is 9.63. The standard InChI is InChI=1S/C23H22N2O3S/c1-2-28-23(27)19-14-25(21(26)15-29-16-8-4-3-5-9-16)13-12-18-17-10-6-7-11-20(17)24-22(18)19/h3-11,14,24H,2,12-13,15H2,1H3. The number of carbonyl (C=O) groups excluding carboxylic acids is 2. The van der Waals surface area contributed by atoms with Crippen molar-refractivity contribution in [2.24, 2.45) is 0 Å². The highest BCUT2D eigenvalue weighted by Gasteiger charge is 2.27. The Hall–Kier alpha value is -2.99. The number of amides is 1. The largest absolute Gasteiger partial charge is 0.462 e. The van der Waals surface area contributed by atoms with Crippen LogP contribution in [0.3, 0.4) is 0 Å². The maximum absolute atomic E-state index is 12.9. The molecule has 0 unspecified atom stereocenters. The van der Waals surface area contributed by atoms with Gasteiger partial charge >= 0.3 is 5.97 Å². The summed E-state index contributed by atoms with van der Waals surface area (Å²) in [5.74, 6) is -0.142. The van der Waals surface area contributed by atoms with Gasteiger partial charge in [0.2, 0.25) is 5.91 Å². The van der Waals surface area contributed by atoms with Gasteiger partial charge in [0.05, 0.1) is 23.6 Å². The van der Waals surface area contributed by atoms with Gasteiger partial charge in [-0.15, -0.1) is 11.8 Å². The zero-order valence-corrected chi connectivity index (χ0v) is 17.0. The molecule has 0 spiro atoms. The van der Waals surface area contributed by atoms with E-state index in [1.807, 2.05) is 54.6 Å². The molecular weight excluding hydrogens is 384 g/mol. The van der Waals surface area contributed by atoms with Gasteiger partial charge in [0.15, 0.2) is 0 Å². The van der Waals surface area contributed by atoms with Crippen LogP contribution in [0, 0.1) is 0 Å². The first-order chi connectivity index (χ1) is 14.2. The predicted molar refractivity (Wildman–Crippen MR) is 115 cm³/mol. The lowest BCUT2D eigenvalue weighted by molar-refractivity contribution is -0.136. The molecular formula is C23H22N2O3S. The average Bonchev–Trinajstić information content (AvgIpc) is 3.00. The number of nitrogens with zero attached hydrogens (tertiary/aromatic N) is 1. The van der Waals surface area contributed by atoms with Crippen LogP contribution < -0.4 is 0 Å². The van der Waals surface area contributed by atoms with Crippen molar-refractivity contribution >= 4 is 40.1 Å². The molecule has 1 amide bonds. The molecule has 4 rings (SSSR count). The molecule has 2 heterocycles. The Balaban J connectivity index is 1.63. The Bertz CT molecular complexity index is 1070. The van der Waals surface area contributed by atoms with Gasteiger partial charge in [-0.1, -0.05) is 36.4 Å². The Morgan fingerprint density at radius 1 is 1.10 bits per heavy atom. The van der Waals surface area contributed by atoms with Crippen molar-refractivity contribution in [2.75, 3.05) is 18.9 Å². The van der Waals surface area contributed by atoms with Gasteiger partial charge in [-0.05, 0) is 37.1 Å². The molecule has 1 aliphatic heterocycles. The molecule has 0 saturated heterocycles. The second-order valence-corrected chi connectivity index (χ2v) is 7.77. The third kappa shape index (κ3) is 4.07. The third-order valence-electron chi connectivity index (χ3n) is 4.89. The Morgan fingerprint density at radius 3 is 2.66 bits per heavy atom. The summed E-state index contributed by atoms with van der Waals surface area (Å²) in [6.07, 6.45) is 2.31. The maximum Gasteiger partial charge on any atom is 0.341 e. The average molecular weight is 407 g/mol. The zero-order valence-electron chi connectivity index (χ0n) is 16.2. The van der Waals surface area contributed by atoms with E-state index in [2.05, 4.69) is 4.98 Å². The van der Waals surface area contributed by atoms with Gasteiger partial charge < -0.3 is 14.6 Å². The molecule has 29 heavy (non-hydrogen) atoms. The number of benzene rings is 2. The van der Waals surface area contributed by atoms with E-state index in [0.29, 0.717) is 24.3 Å². The van der Waals surface area contributed by atoms with Crippen LogP contribution in [0.2, 0.25) is 0 Å². The normalized spacial score (nSPS) is 13.6. The monoisotopic (exact) mass is 406 g/mol. The second kappa shape index (κ2) is 8.57. The number of hydrogen-bond acceptors (Lipinski definition) is 4. The van der Waals surface area contributed by atoms with Crippen LogP contribution in [0.4, 0.5) is 0 Å². The predicted octanol–water partition coefficient (Wildman–Crippen LogP) is 4.25. The summed E-state index contributed by atoms with van der Waals surface area (Å²) in [6, 6.07) is 17.8. The number of esters is 1. The Morgan fingerprint density at radius 2 is 1.86 bits per heavy atom. The molecule has 0 saturated carbocycles. The smallest absolute Gasteiger partial charge is 0.341 e. The van der Waals surface area contributed by atoms with Crippen molar-refractivity contribution in [3.8, 4) is 0 Å². The summed E-state index contributed by atoms with van der Waals surface area (Å²) in [4.78, 5) is 31.6. The van der Waals surface area contributed by atoms with E-state index in [9.17, 15) is 9.59 Å². The second-order valence-electron chi connectivity index (χ2n) is 6.73. The van der Waals surface area contributed by atoms with E-state index < -0.39 is 5.97 Å². The molecule has 1 aromatic heterocycles. The minimum Gasteiger partial charge on any atom is -0.462 e. The maximum atomic E-state index is 12.9. The quantitative estimate of drug-likeness (QED) is 0.508. The molecule has 148 valence electrons. The molecule has 1 N–H and O–H groups in total. The topological polar surface area (TPSA) is 62.4 Å². The van der Waals surface area contributed by atoms with Gasteiger partial charge in [-0.25, -0.2) is 4.79 Å². The van der Waals surface area contributed by atoms with Crippen LogP contribution in [-0.4, -0.2) is 40.7 Å². The van der Waals surface area contributed by atoms with E-state index in [1.54, 1.807) is 18.0 Å². The summed E-state index contributed by atoms with van der Waals surface area (Å²) < 4.78 is 5.28. The molecule has 3 aromatic rings. The molecule has 0 atom stereocenters. The number of rotatable bonds is 5. The summed E-state index contributed by atoms with van der Waals surface area (Å²) in [5, 5.41) is 1.07. The van der Waals surface area contributed by atoms with Crippen molar-refractivity contribution in [1.29, 1.82) is 0 Å². The minimum atomic E-state index is -0.421. The van der Waals surface area contributed by atoms with Gasteiger partial charge in [0.25, 0.3) is 0 Å². The first kappa shape index (κ1) is 19.3. The number of ether oxygens (including phenoxy) is 1. The summed E-state index contributed by atoms with van der Waals surface area (Å²) in [7, 11) is 0. The van der Waals surface area contributed by atoms with Crippen molar-refractivity contribution in [2.45, 2.75) is 18.2 Å². The van der Waals surface area contributed by atoms with Gasteiger partial charge in [-0.2, -0.15) is 0 Å². The van der Waals surface area contributed by atoms with Crippen molar-refractivity contribution in [3.63, 3.8) is 0 Å². The van der Waals surface area contributed by atoms with Crippen LogP contribution in [0.15, 0.2) is 65.7 Å². The van der Waals surface area contributed by atoms with Crippen LogP contribution in [-0.2, 0) is 20.7 Å². The fraction of sp³-hybridized carbons (Fsp3) is 0.217. The lowest BCUT2D eigenvalue weighted by atomic mass is 10.0. The summed E-state index contributed by atoms with van der Waals surface area (Å²) in [6.45, 7) is 2.58. The van der Waals surface area contributed by atoms with Crippen LogP contribution in [0.5, 0.6) is 0 Å². The number of nitrogens with one attached hydrogen (secondary N) is 1. The van der Waals surface area contributed by atoms with Crippen molar-refractivity contribution in [1.82, 2.24) is 9.88 Å². The van der Waals surface area contributed by atoms with Crippen molar-refractivity contribution < 1.29 is 14.3 Å². The molecule has 0 fully saturated rings. The van der Waals surface area contributed by atoms with E-state index >= 15 is 0 Å². The number of aromatic amines is 1. The molecule has 2 aromatic carbocycles. The number of hydrogen-bond donors (Lipinski definition) is 1. The highest BCUT2D eigenvalue weighted by atomic mass is 32.2. The SMILES string of the molecule is CCOC(=O)C1=CN(C(=O)CSc2ccccc2)CCc2c1[nH]c1ccccc21. The van der Waals surface area contributed by atoms with E-state index in [4.69, 9.17) is 4.74 Å². The molecule has 0 radical (unpaired) electrons. The molecule has 0 aliphatic carbocycles. The lowest BCUT2D eigenvalue weighted by Gasteiger charge is -2.17. The first-order valence-corrected chi connectivity index (χ1v) is 10.6. The minimum absolute atomic E-state index is 0.0323. The van der Waals surface area contributed by atoms with E-state index in [1.165, 1.54) is 11.8 Å². The van der Waals surface area contributed by atoms with Crippen LogP contribution in [0.25, 0.3) is 16.5 Å². The molecule has 6 heteroatoms. The summed E-state index contributed by atoms with van der Waals surface area (Å²) >= 11 is 1.49.